The average Bonchev–Trinajstić information content (AvgIpc) is 3.84. The lowest BCUT2D eigenvalue weighted by Gasteiger charge is -2.13. The van der Waals surface area contributed by atoms with E-state index in [0.29, 0.717) is 17.5 Å². The van der Waals surface area contributed by atoms with Gasteiger partial charge in [0.05, 0.1) is 22.1 Å². The van der Waals surface area contributed by atoms with Crippen molar-refractivity contribution in [3.8, 4) is 56.7 Å². The zero-order valence-electron chi connectivity index (χ0n) is 32.4. The van der Waals surface area contributed by atoms with Gasteiger partial charge in [-0.15, -0.1) is 0 Å². The van der Waals surface area contributed by atoms with E-state index in [2.05, 4.69) is 215 Å². The van der Waals surface area contributed by atoms with Gasteiger partial charge in [-0.25, -0.2) is 15.0 Å². The number of rotatable bonds is 6. The van der Waals surface area contributed by atoms with E-state index in [0.717, 1.165) is 72.0 Å². The maximum absolute atomic E-state index is 5.37. The number of hydrogen-bond donors (Lipinski definition) is 0. The van der Waals surface area contributed by atoms with Crippen LogP contribution >= 0.6 is 0 Å². The van der Waals surface area contributed by atoms with Crippen molar-refractivity contribution < 1.29 is 0 Å². The van der Waals surface area contributed by atoms with Crippen LogP contribution in [0.4, 0.5) is 0 Å². The Balaban J connectivity index is 1.10. The van der Waals surface area contributed by atoms with E-state index < -0.39 is 0 Å². The Morgan fingerprint density at radius 3 is 1.58 bits per heavy atom. The number of para-hydroxylation sites is 3. The first kappa shape index (κ1) is 33.9. The lowest BCUT2D eigenvalue weighted by atomic mass is 10.0. The Morgan fingerprint density at radius 1 is 0.283 bits per heavy atom. The SMILES string of the molecule is c1ccc(-c2cccc(-c3nc(-c4cccc(-n5c6ccccc6c6cc7ccccc7cc65)c4)nc(-c4cccc5c4c4ccccc4n5-c4ccccc4)n3)c2)cc1. The molecule has 0 radical (unpaired) electrons. The molecule has 5 nitrogen and oxygen atoms in total. The molecule has 0 unspecified atom stereocenters. The molecule has 3 heterocycles. The van der Waals surface area contributed by atoms with Crippen molar-refractivity contribution in [2.24, 2.45) is 0 Å². The van der Waals surface area contributed by atoms with Crippen molar-refractivity contribution in [3.05, 3.63) is 212 Å². The molecule has 0 fully saturated rings. The first-order valence-corrected chi connectivity index (χ1v) is 20.3. The first-order valence-electron chi connectivity index (χ1n) is 20.3. The molecule has 0 amide bonds. The van der Waals surface area contributed by atoms with Gasteiger partial charge in [0.15, 0.2) is 17.5 Å². The molecule has 12 rings (SSSR count). The second-order valence-corrected chi connectivity index (χ2v) is 15.3. The van der Waals surface area contributed by atoms with E-state index in [1.807, 2.05) is 6.07 Å². The lowest BCUT2D eigenvalue weighted by molar-refractivity contribution is 1.07. The Kier molecular flexibility index (Phi) is 7.78. The molecule has 0 saturated carbocycles. The molecular weight excluding hydrogens is 731 g/mol. The molecular formula is C55H35N5. The molecule has 0 aliphatic carbocycles. The predicted octanol–water partition coefficient (Wildman–Crippen LogP) is 13.9. The molecule has 0 saturated heterocycles. The summed E-state index contributed by atoms with van der Waals surface area (Å²) in [6.45, 7) is 0. The van der Waals surface area contributed by atoms with Crippen molar-refractivity contribution in [1.82, 2.24) is 24.1 Å². The third-order valence-corrected chi connectivity index (χ3v) is 11.7. The molecule has 0 aliphatic rings. The highest BCUT2D eigenvalue weighted by Gasteiger charge is 2.21. The molecule has 0 N–H and O–H groups in total. The molecule has 0 spiro atoms. The van der Waals surface area contributed by atoms with Crippen molar-refractivity contribution in [1.29, 1.82) is 0 Å². The van der Waals surface area contributed by atoms with Crippen LogP contribution in [0, 0.1) is 0 Å². The Hall–Kier alpha value is -8.15. The van der Waals surface area contributed by atoms with Gasteiger partial charge in [0.2, 0.25) is 0 Å². The van der Waals surface area contributed by atoms with Crippen molar-refractivity contribution in [3.63, 3.8) is 0 Å². The smallest absolute Gasteiger partial charge is 0.164 e. The Morgan fingerprint density at radius 2 is 0.800 bits per heavy atom. The van der Waals surface area contributed by atoms with Crippen LogP contribution in [-0.2, 0) is 0 Å². The summed E-state index contributed by atoms with van der Waals surface area (Å²) >= 11 is 0. The minimum atomic E-state index is 0.608. The van der Waals surface area contributed by atoms with Gasteiger partial charge in [-0.2, -0.15) is 0 Å². The summed E-state index contributed by atoms with van der Waals surface area (Å²) in [5.74, 6) is 1.85. The molecule has 60 heavy (non-hydrogen) atoms. The van der Waals surface area contributed by atoms with Crippen LogP contribution in [0.5, 0.6) is 0 Å². The molecule has 0 aliphatic heterocycles. The topological polar surface area (TPSA) is 48.5 Å². The minimum Gasteiger partial charge on any atom is -0.309 e. The summed E-state index contributed by atoms with van der Waals surface area (Å²) in [7, 11) is 0. The van der Waals surface area contributed by atoms with Crippen LogP contribution in [0.1, 0.15) is 0 Å². The van der Waals surface area contributed by atoms with Gasteiger partial charge in [0, 0.05) is 49.6 Å². The van der Waals surface area contributed by atoms with Gasteiger partial charge in [-0.05, 0) is 82.6 Å². The number of hydrogen-bond acceptors (Lipinski definition) is 3. The van der Waals surface area contributed by atoms with Crippen LogP contribution in [0.3, 0.4) is 0 Å². The highest BCUT2D eigenvalue weighted by Crippen LogP contribution is 2.40. The Labute approximate surface area is 346 Å². The van der Waals surface area contributed by atoms with Crippen LogP contribution in [0.15, 0.2) is 212 Å². The van der Waals surface area contributed by atoms with Gasteiger partial charge in [-0.3, -0.25) is 0 Å². The summed E-state index contributed by atoms with van der Waals surface area (Å²) in [6.07, 6.45) is 0. The van der Waals surface area contributed by atoms with Crippen LogP contribution < -0.4 is 0 Å². The third kappa shape index (κ3) is 5.52. The maximum Gasteiger partial charge on any atom is 0.164 e. The Bertz CT molecular complexity index is 3600. The summed E-state index contributed by atoms with van der Waals surface area (Å²) in [6, 6.07) is 75.0. The average molecular weight is 766 g/mol. The molecule has 0 bridgehead atoms. The fourth-order valence-electron chi connectivity index (χ4n) is 9.00. The standard InChI is InChI=1S/C55H35N5/c1-3-16-36(17-4-1)37-20-13-21-40(32-37)53-56-54(58-55(57-53)46-28-15-31-50-52(46)45-27-10-12-30-49(45)59(50)42-23-5-2-6-24-42)41-22-14-25-43(33-41)60-48-29-11-9-26-44(48)47-34-38-18-7-8-19-39(38)35-51(47)60/h1-35H. The second-order valence-electron chi connectivity index (χ2n) is 15.3. The summed E-state index contributed by atoms with van der Waals surface area (Å²) in [5, 5.41) is 7.12. The number of benzene rings is 9. The molecule has 9 aromatic carbocycles. The molecule has 280 valence electrons. The highest BCUT2D eigenvalue weighted by atomic mass is 15.0. The second kappa shape index (κ2) is 13.8. The zero-order chi connectivity index (χ0) is 39.6. The van der Waals surface area contributed by atoms with Crippen molar-refractivity contribution >= 4 is 54.4 Å². The van der Waals surface area contributed by atoms with E-state index in [1.165, 1.54) is 21.5 Å². The zero-order valence-corrected chi connectivity index (χ0v) is 32.4. The van der Waals surface area contributed by atoms with Gasteiger partial charge < -0.3 is 9.13 Å². The number of nitrogens with zero attached hydrogens (tertiary/aromatic N) is 5. The van der Waals surface area contributed by atoms with E-state index in [-0.39, 0.29) is 0 Å². The molecule has 5 heteroatoms. The highest BCUT2D eigenvalue weighted by molar-refractivity contribution is 6.16. The fraction of sp³-hybridized carbons (Fsp3) is 0. The van der Waals surface area contributed by atoms with Crippen LogP contribution in [-0.4, -0.2) is 24.1 Å². The predicted molar refractivity (Wildman–Crippen MR) is 248 cm³/mol. The van der Waals surface area contributed by atoms with Gasteiger partial charge in [0.1, 0.15) is 0 Å². The third-order valence-electron chi connectivity index (χ3n) is 11.7. The summed E-state index contributed by atoms with van der Waals surface area (Å²) in [5.41, 5.74) is 11.7. The van der Waals surface area contributed by atoms with Gasteiger partial charge in [-0.1, -0.05) is 152 Å². The van der Waals surface area contributed by atoms with E-state index in [9.17, 15) is 0 Å². The summed E-state index contributed by atoms with van der Waals surface area (Å²) < 4.78 is 4.70. The van der Waals surface area contributed by atoms with Crippen molar-refractivity contribution in [2.45, 2.75) is 0 Å². The largest absolute Gasteiger partial charge is 0.309 e. The van der Waals surface area contributed by atoms with Gasteiger partial charge >= 0.3 is 0 Å². The van der Waals surface area contributed by atoms with Crippen molar-refractivity contribution in [2.75, 3.05) is 0 Å². The molecule has 12 aromatic rings. The quantitative estimate of drug-likeness (QED) is 0.169. The summed E-state index contributed by atoms with van der Waals surface area (Å²) in [4.78, 5) is 16.0. The van der Waals surface area contributed by atoms with Gasteiger partial charge in [0.25, 0.3) is 0 Å². The minimum absolute atomic E-state index is 0.608. The monoisotopic (exact) mass is 765 g/mol. The maximum atomic E-state index is 5.37. The molecule has 3 aromatic heterocycles. The molecule has 0 atom stereocenters. The van der Waals surface area contributed by atoms with E-state index >= 15 is 0 Å². The first-order chi connectivity index (χ1) is 29.7. The van der Waals surface area contributed by atoms with E-state index in [4.69, 9.17) is 15.0 Å². The van der Waals surface area contributed by atoms with E-state index in [1.54, 1.807) is 0 Å². The number of fused-ring (bicyclic) bond motifs is 7. The van der Waals surface area contributed by atoms with Crippen LogP contribution in [0.25, 0.3) is 111 Å². The normalized spacial score (nSPS) is 11.7. The van der Waals surface area contributed by atoms with Crippen LogP contribution in [0.2, 0.25) is 0 Å². The fourth-order valence-corrected chi connectivity index (χ4v) is 9.00. The number of aromatic nitrogens is 5. The lowest BCUT2D eigenvalue weighted by Crippen LogP contribution is -2.01.